The van der Waals surface area contributed by atoms with Crippen molar-refractivity contribution in [3.63, 3.8) is 0 Å². The molecular weight excluding hydrogens is 369 g/mol. The summed E-state index contributed by atoms with van der Waals surface area (Å²) in [5, 5.41) is 15.5. The van der Waals surface area contributed by atoms with E-state index in [1.807, 2.05) is 24.3 Å². The molecule has 1 saturated heterocycles. The molecule has 1 heterocycles. The van der Waals surface area contributed by atoms with E-state index in [0.29, 0.717) is 23.6 Å². The van der Waals surface area contributed by atoms with Gasteiger partial charge in [0.1, 0.15) is 11.6 Å². The van der Waals surface area contributed by atoms with Gasteiger partial charge in [-0.3, -0.25) is 4.99 Å². The van der Waals surface area contributed by atoms with Crippen molar-refractivity contribution in [3.05, 3.63) is 59.4 Å². The number of methoxy groups -OCH3 is 1. The van der Waals surface area contributed by atoms with Gasteiger partial charge in [-0.2, -0.15) is 5.26 Å². The molecule has 1 aliphatic heterocycles. The summed E-state index contributed by atoms with van der Waals surface area (Å²) in [6.07, 6.45) is 2.08. The van der Waals surface area contributed by atoms with Gasteiger partial charge < -0.3 is 20.3 Å². The number of hydrogen-bond donors (Lipinski definition) is 2. The first-order chi connectivity index (χ1) is 14.1. The summed E-state index contributed by atoms with van der Waals surface area (Å²) in [4.78, 5) is 6.58. The number of nitrogens with one attached hydrogen (secondary N) is 2. The summed E-state index contributed by atoms with van der Waals surface area (Å²) in [5.41, 5.74) is 1.89. The molecule has 1 aliphatic rings. The smallest absolute Gasteiger partial charge is 0.191 e. The molecule has 6 nitrogen and oxygen atoms in total. The van der Waals surface area contributed by atoms with Gasteiger partial charge in [0.15, 0.2) is 5.96 Å². The van der Waals surface area contributed by atoms with Crippen LogP contribution in [0.1, 0.15) is 24.0 Å². The highest BCUT2D eigenvalue weighted by atomic mass is 19.1. The number of benzene rings is 2. The van der Waals surface area contributed by atoms with Crippen LogP contribution in [-0.2, 0) is 6.54 Å². The van der Waals surface area contributed by atoms with E-state index in [2.05, 4.69) is 26.6 Å². The van der Waals surface area contributed by atoms with E-state index in [0.717, 1.165) is 37.4 Å². The van der Waals surface area contributed by atoms with Gasteiger partial charge >= 0.3 is 0 Å². The number of nitriles is 1. The van der Waals surface area contributed by atoms with Gasteiger partial charge in [0, 0.05) is 38.3 Å². The van der Waals surface area contributed by atoms with Crippen molar-refractivity contribution in [1.29, 1.82) is 5.26 Å². The predicted molar refractivity (Wildman–Crippen MR) is 113 cm³/mol. The largest absolute Gasteiger partial charge is 0.495 e. The summed E-state index contributed by atoms with van der Waals surface area (Å²) in [5.74, 6) is 1.10. The highest BCUT2D eigenvalue weighted by molar-refractivity contribution is 5.80. The first kappa shape index (κ1) is 20.5. The van der Waals surface area contributed by atoms with Crippen molar-refractivity contribution in [2.75, 3.05) is 32.1 Å². The van der Waals surface area contributed by atoms with Crippen LogP contribution in [0.4, 0.5) is 10.1 Å². The minimum Gasteiger partial charge on any atom is -0.495 e. The van der Waals surface area contributed by atoms with Crippen molar-refractivity contribution < 1.29 is 9.13 Å². The fraction of sp³-hybridized carbons (Fsp3) is 0.364. The maximum atomic E-state index is 14.1. The Kier molecular flexibility index (Phi) is 6.90. The van der Waals surface area contributed by atoms with Crippen LogP contribution in [0.25, 0.3) is 0 Å². The molecule has 0 aliphatic carbocycles. The molecule has 1 fully saturated rings. The Balaban J connectivity index is 1.60. The van der Waals surface area contributed by atoms with Crippen LogP contribution >= 0.6 is 0 Å². The quantitative estimate of drug-likeness (QED) is 0.601. The first-order valence-electron chi connectivity index (χ1n) is 9.68. The van der Waals surface area contributed by atoms with Crippen LogP contribution in [0, 0.1) is 17.1 Å². The predicted octanol–water partition coefficient (Wildman–Crippen LogP) is 3.04. The average molecular weight is 395 g/mol. The highest BCUT2D eigenvalue weighted by Crippen LogP contribution is 2.29. The SMILES string of the molecule is CN=C(NCc1ccc(C#N)cc1F)NC1CCCN(c2ccccc2OC)C1. The molecule has 29 heavy (non-hydrogen) atoms. The van der Waals surface area contributed by atoms with Crippen molar-refractivity contribution in [2.45, 2.75) is 25.4 Å². The van der Waals surface area contributed by atoms with Gasteiger partial charge in [-0.15, -0.1) is 0 Å². The monoisotopic (exact) mass is 395 g/mol. The molecule has 0 spiro atoms. The molecule has 0 amide bonds. The standard InChI is InChI=1S/C22H26FN5O/c1-25-22(26-14-17-10-9-16(13-24)12-19(17)23)27-18-6-5-11-28(15-18)20-7-3-4-8-21(20)29-2/h3-4,7-10,12,18H,5-6,11,14-15H2,1-2H3,(H2,25,26,27). The molecule has 2 aromatic rings. The molecule has 0 saturated carbocycles. The van der Waals surface area contributed by atoms with Crippen LogP contribution in [0.15, 0.2) is 47.5 Å². The zero-order valence-corrected chi connectivity index (χ0v) is 16.8. The third-order valence-corrected chi connectivity index (χ3v) is 5.04. The summed E-state index contributed by atoms with van der Waals surface area (Å²) >= 11 is 0. The molecule has 1 unspecified atom stereocenters. The molecule has 2 N–H and O–H groups in total. The van der Waals surface area contributed by atoms with Gasteiger partial charge in [0.2, 0.25) is 0 Å². The Morgan fingerprint density at radius 2 is 2.17 bits per heavy atom. The maximum absolute atomic E-state index is 14.1. The lowest BCUT2D eigenvalue weighted by atomic mass is 10.0. The maximum Gasteiger partial charge on any atom is 0.191 e. The van der Waals surface area contributed by atoms with Crippen LogP contribution in [0.5, 0.6) is 5.75 Å². The van der Waals surface area contributed by atoms with E-state index >= 15 is 0 Å². The van der Waals surface area contributed by atoms with E-state index in [-0.39, 0.29) is 6.04 Å². The van der Waals surface area contributed by atoms with Gasteiger partial charge in [0.05, 0.1) is 24.4 Å². The number of rotatable bonds is 5. The Morgan fingerprint density at radius 3 is 2.90 bits per heavy atom. The number of halogens is 1. The molecule has 3 rings (SSSR count). The molecule has 0 bridgehead atoms. The lowest BCUT2D eigenvalue weighted by molar-refractivity contribution is 0.408. The molecule has 1 atom stereocenters. The number of nitrogens with zero attached hydrogens (tertiary/aromatic N) is 3. The van der Waals surface area contributed by atoms with Crippen LogP contribution in [-0.4, -0.2) is 39.2 Å². The van der Waals surface area contributed by atoms with E-state index in [9.17, 15) is 4.39 Å². The van der Waals surface area contributed by atoms with Gasteiger partial charge in [-0.05, 0) is 37.1 Å². The van der Waals surface area contributed by atoms with Crippen LogP contribution < -0.4 is 20.3 Å². The van der Waals surface area contributed by atoms with E-state index in [4.69, 9.17) is 10.00 Å². The Morgan fingerprint density at radius 1 is 1.34 bits per heavy atom. The number of ether oxygens (including phenoxy) is 1. The molecule has 0 radical (unpaired) electrons. The molecule has 152 valence electrons. The van der Waals surface area contributed by atoms with E-state index < -0.39 is 5.82 Å². The number of para-hydroxylation sites is 2. The second kappa shape index (κ2) is 9.78. The van der Waals surface area contributed by atoms with Gasteiger partial charge in [-0.25, -0.2) is 4.39 Å². The zero-order chi connectivity index (χ0) is 20.6. The fourth-order valence-corrected chi connectivity index (χ4v) is 3.53. The lowest BCUT2D eigenvalue weighted by Crippen LogP contribution is -2.51. The highest BCUT2D eigenvalue weighted by Gasteiger charge is 2.22. The number of piperidine rings is 1. The van der Waals surface area contributed by atoms with Crippen molar-refractivity contribution in [2.24, 2.45) is 4.99 Å². The van der Waals surface area contributed by atoms with Crippen LogP contribution in [0.2, 0.25) is 0 Å². The Hall–Kier alpha value is -3.27. The lowest BCUT2D eigenvalue weighted by Gasteiger charge is -2.36. The summed E-state index contributed by atoms with van der Waals surface area (Å²) in [6, 6.07) is 14.7. The summed E-state index contributed by atoms with van der Waals surface area (Å²) in [6.45, 7) is 2.09. The zero-order valence-electron chi connectivity index (χ0n) is 16.8. The molecule has 7 heteroatoms. The molecule has 0 aromatic heterocycles. The summed E-state index contributed by atoms with van der Waals surface area (Å²) < 4.78 is 19.6. The van der Waals surface area contributed by atoms with Crippen molar-refractivity contribution in [1.82, 2.24) is 10.6 Å². The third-order valence-electron chi connectivity index (χ3n) is 5.04. The first-order valence-corrected chi connectivity index (χ1v) is 9.68. The Bertz CT molecular complexity index is 908. The van der Waals surface area contributed by atoms with Crippen LogP contribution in [0.3, 0.4) is 0 Å². The number of hydrogen-bond acceptors (Lipinski definition) is 4. The minimum absolute atomic E-state index is 0.214. The topological polar surface area (TPSA) is 72.7 Å². The van der Waals surface area contributed by atoms with Gasteiger partial charge in [0.25, 0.3) is 0 Å². The number of guanidine groups is 1. The molecular formula is C22H26FN5O. The van der Waals surface area contributed by atoms with Gasteiger partial charge in [-0.1, -0.05) is 18.2 Å². The molecule has 2 aromatic carbocycles. The van der Waals surface area contributed by atoms with Crippen molar-refractivity contribution in [3.8, 4) is 11.8 Å². The number of anilines is 1. The van der Waals surface area contributed by atoms with Crippen molar-refractivity contribution >= 4 is 11.6 Å². The Labute approximate surface area is 171 Å². The second-order valence-corrected chi connectivity index (χ2v) is 6.95. The fourth-order valence-electron chi connectivity index (χ4n) is 3.53. The average Bonchev–Trinajstić information content (AvgIpc) is 2.77. The summed E-state index contributed by atoms with van der Waals surface area (Å²) in [7, 11) is 3.39. The number of aliphatic imine (C=N–C) groups is 1. The van der Waals surface area contributed by atoms with E-state index in [1.165, 1.54) is 6.07 Å². The second-order valence-electron chi connectivity index (χ2n) is 6.95. The normalized spacial score (nSPS) is 16.8. The van der Waals surface area contributed by atoms with E-state index in [1.54, 1.807) is 26.3 Å². The minimum atomic E-state index is -0.396. The third kappa shape index (κ3) is 5.17.